The number of carbonyl (C=O) groups is 1. The highest BCUT2D eigenvalue weighted by Crippen LogP contribution is 2.30. The monoisotopic (exact) mass is 381 g/mol. The lowest BCUT2D eigenvalue weighted by Crippen LogP contribution is -2.01. The van der Waals surface area contributed by atoms with Gasteiger partial charge in [0.1, 0.15) is 11.6 Å². The molecule has 0 aliphatic heterocycles. The maximum Gasteiger partial charge on any atom is 0.337 e. The smallest absolute Gasteiger partial charge is 0.337 e. The first-order valence-corrected chi connectivity index (χ1v) is 7.25. The summed E-state index contributed by atoms with van der Waals surface area (Å²) in [7, 11) is 2.68. The van der Waals surface area contributed by atoms with E-state index in [-0.39, 0.29) is 16.9 Å². The molecular weight excluding hydrogens is 369 g/mol. The maximum atomic E-state index is 14.4. The maximum absolute atomic E-state index is 14.4. The Bertz CT molecular complexity index is 777. The Hall–Kier alpha value is -2.41. The number of rotatable bonds is 4. The number of carbonyl (C=O) groups excluding carboxylic acids is 1. The van der Waals surface area contributed by atoms with Gasteiger partial charge in [0.25, 0.3) is 0 Å². The SMILES string of the molecule is COC(=O)c1ccc(C(F)=Cc2nc(OC)ccc2Br)c(O)c1. The molecule has 5 nitrogen and oxygen atoms in total. The molecule has 0 atom stereocenters. The summed E-state index contributed by atoms with van der Waals surface area (Å²) in [5.74, 6) is -1.37. The van der Waals surface area contributed by atoms with Gasteiger partial charge in [-0.25, -0.2) is 14.2 Å². The van der Waals surface area contributed by atoms with Crippen molar-refractivity contribution in [3.8, 4) is 11.6 Å². The molecule has 1 aromatic heterocycles. The van der Waals surface area contributed by atoms with Gasteiger partial charge in [0, 0.05) is 16.6 Å². The van der Waals surface area contributed by atoms with Gasteiger partial charge in [-0.15, -0.1) is 0 Å². The molecule has 0 saturated carbocycles. The third kappa shape index (κ3) is 3.87. The van der Waals surface area contributed by atoms with Crippen LogP contribution in [0.4, 0.5) is 4.39 Å². The van der Waals surface area contributed by atoms with Crippen LogP contribution in [0.2, 0.25) is 0 Å². The molecule has 0 bridgehead atoms. The van der Waals surface area contributed by atoms with Gasteiger partial charge in [0.15, 0.2) is 0 Å². The summed E-state index contributed by atoms with van der Waals surface area (Å²) in [6.45, 7) is 0. The van der Waals surface area contributed by atoms with Crippen molar-refractivity contribution < 1.29 is 23.8 Å². The van der Waals surface area contributed by atoms with Crippen LogP contribution in [0.3, 0.4) is 0 Å². The Balaban J connectivity index is 2.40. The van der Waals surface area contributed by atoms with E-state index in [0.717, 1.165) is 12.1 Å². The highest BCUT2D eigenvalue weighted by atomic mass is 79.9. The zero-order chi connectivity index (χ0) is 17.0. The number of halogens is 2. The quantitative estimate of drug-likeness (QED) is 0.815. The number of phenolic OH excluding ortho intramolecular Hbond substituents is 1. The van der Waals surface area contributed by atoms with Crippen LogP contribution in [0.5, 0.6) is 11.6 Å². The first-order chi connectivity index (χ1) is 11.0. The standard InChI is InChI=1S/C16H13BrFNO4/c1-22-15-6-5-11(17)13(19-15)8-12(18)10-4-3-9(7-14(10)20)16(21)23-2/h3-8,20H,1-2H3. The number of esters is 1. The summed E-state index contributed by atoms with van der Waals surface area (Å²) < 4.78 is 24.5. The third-order valence-corrected chi connectivity index (χ3v) is 3.67. The largest absolute Gasteiger partial charge is 0.507 e. The minimum atomic E-state index is -0.708. The van der Waals surface area contributed by atoms with E-state index in [0.29, 0.717) is 16.0 Å². The predicted molar refractivity (Wildman–Crippen MR) is 86.9 cm³/mol. The summed E-state index contributed by atoms with van der Waals surface area (Å²) in [4.78, 5) is 15.5. The molecule has 0 fully saturated rings. The number of pyridine rings is 1. The van der Waals surface area contributed by atoms with E-state index in [1.807, 2.05) is 0 Å². The fourth-order valence-corrected chi connectivity index (χ4v) is 2.17. The number of aromatic hydroxyl groups is 1. The van der Waals surface area contributed by atoms with Gasteiger partial charge in [-0.3, -0.25) is 0 Å². The Kier molecular flexibility index (Phi) is 5.33. The molecule has 7 heteroatoms. The fraction of sp³-hybridized carbons (Fsp3) is 0.125. The van der Waals surface area contributed by atoms with Crippen LogP contribution in [-0.4, -0.2) is 30.3 Å². The first kappa shape index (κ1) is 17.0. The normalized spacial score (nSPS) is 11.2. The third-order valence-electron chi connectivity index (χ3n) is 3.00. The molecular formula is C16H13BrFNO4. The summed E-state index contributed by atoms with van der Waals surface area (Å²) in [6.07, 6.45) is 1.15. The van der Waals surface area contributed by atoms with Gasteiger partial charge in [-0.05, 0) is 40.2 Å². The van der Waals surface area contributed by atoms with E-state index in [1.165, 1.54) is 26.4 Å². The van der Waals surface area contributed by atoms with Crippen molar-refractivity contribution in [1.82, 2.24) is 4.98 Å². The number of phenols is 1. The van der Waals surface area contributed by atoms with Crippen molar-refractivity contribution in [3.05, 3.63) is 51.6 Å². The van der Waals surface area contributed by atoms with Crippen molar-refractivity contribution >= 4 is 33.8 Å². The van der Waals surface area contributed by atoms with E-state index in [2.05, 4.69) is 25.7 Å². The average Bonchev–Trinajstić information content (AvgIpc) is 2.55. The molecule has 2 rings (SSSR count). The minimum absolute atomic E-state index is 0.0610. The predicted octanol–water partition coefficient (Wildman–Crippen LogP) is 3.81. The van der Waals surface area contributed by atoms with Crippen molar-refractivity contribution in [1.29, 1.82) is 0 Å². The zero-order valence-corrected chi connectivity index (χ0v) is 13.9. The van der Waals surface area contributed by atoms with E-state index >= 15 is 0 Å². The topological polar surface area (TPSA) is 68.7 Å². The molecule has 1 aromatic carbocycles. The molecule has 1 N–H and O–H groups in total. The molecule has 0 unspecified atom stereocenters. The highest BCUT2D eigenvalue weighted by Gasteiger charge is 2.13. The van der Waals surface area contributed by atoms with Crippen molar-refractivity contribution in [2.24, 2.45) is 0 Å². The molecule has 0 amide bonds. The van der Waals surface area contributed by atoms with Gasteiger partial charge < -0.3 is 14.6 Å². The van der Waals surface area contributed by atoms with Crippen molar-refractivity contribution in [2.75, 3.05) is 14.2 Å². The van der Waals surface area contributed by atoms with Crippen LogP contribution < -0.4 is 4.74 Å². The number of nitrogens with zero attached hydrogens (tertiary/aromatic N) is 1. The van der Waals surface area contributed by atoms with E-state index in [9.17, 15) is 14.3 Å². The Labute approximate surface area is 140 Å². The second kappa shape index (κ2) is 7.23. The van der Waals surface area contributed by atoms with Crippen LogP contribution >= 0.6 is 15.9 Å². The first-order valence-electron chi connectivity index (χ1n) is 6.45. The zero-order valence-electron chi connectivity index (χ0n) is 12.3. The van der Waals surface area contributed by atoms with Gasteiger partial charge in [-0.2, -0.15) is 0 Å². The molecule has 0 saturated heterocycles. The summed E-state index contributed by atoms with van der Waals surface area (Å²) >= 11 is 3.27. The van der Waals surface area contributed by atoms with Crippen LogP contribution in [-0.2, 0) is 4.74 Å². The second-order valence-corrected chi connectivity index (χ2v) is 5.29. The molecule has 120 valence electrons. The lowest BCUT2D eigenvalue weighted by atomic mass is 10.1. The number of hydrogen-bond acceptors (Lipinski definition) is 5. The van der Waals surface area contributed by atoms with Gasteiger partial charge in [-0.1, -0.05) is 0 Å². The Morgan fingerprint density at radius 1 is 1.30 bits per heavy atom. The number of benzene rings is 1. The fourth-order valence-electron chi connectivity index (χ4n) is 1.83. The van der Waals surface area contributed by atoms with Crippen molar-refractivity contribution in [2.45, 2.75) is 0 Å². The van der Waals surface area contributed by atoms with Gasteiger partial charge in [0.05, 0.1) is 31.0 Å². The Morgan fingerprint density at radius 3 is 2.65 bits per heavy atom. The van der Waals surface area contributed by atoms with E-state index < -0.39 is 11.8 Å². The highest BCUT2D eigenvalue weighted by molar-refractivity contribution is 9.10. The minimum Gasteiger partial charge on any atom is -0.507 e. The van der Waals surface area contributed by atoms with Crippen LogP contribution in [0.15, 0.2) is 34.8 Å². The number of hydrogen-bond donors (Lipinski definition) is 1. The van der Waals surface area contributed by atoms with Gasteiger partial charge >= 0.3 is 5.97 Å². The molecule has 23 heavy (non-hydrogen) atoms. The second-order valence-electron chi connectivity index (χ2n) is 4.44. The number of ether oxygens (including phenoxy) is 2. The average molecular weight is 382 g/mol. The molecule has 0 radical (unpaired) electrons. The van der Waals surface area contributed by atoms with Crippen molar-refractivity contribution in [3.63, 3.8) is 0 Å². The van der Waals surface area contributed by atoms with E-state index in [4.69, 9.17) is 4.74 Å². The molecule has 0 aliphatic rings. The van der Waals surface area contributed by atoms with E-state index in [1.54, 1.807) is 12.1 Å². The molecule has 1 heterocycles. The summed E-state index contributed by atoms with van der Waals surface area (Å²) in [5, 5.41) is 9.91. The summed E-state index contributed by atoms with van der Waals surface area (Å²) in [6, 6.07) is 7.10. The van der Waals surface area contributed by atoms with Crippen LogP contribution in [0, 0.1) is 0 Å². The number of aromatic nitrogens is 1. The van der Waals surface area contributed by atoms with Crippen LogP contribution in [0.25, 0.3) is 11.9 Å². The number of methoxy groups -OCH3 is 2. The molecule has 2 aromatic rings. The lowest BCUT2D eigenvalue weighted by Gasteiger charge is -2.06. The van der Waals surface area contributed by atoms with Crippen LogP contribution in [0.1, 0.15) is 21.6 Å². The lowest BCUT2D eigenvalue weighted by molar-refractivity contribution is 0.0600. The van der Waals surface area contributed by atoms with Gasteiger partial charge in [0.2, 0.25) is 5.88 Å². The molecule has 0 aliphatic carbocycles. The summed E-state index contributed by atoms with van der Waals surface area (Å²) in [5.41, 5.74) is 0.370. The molecule has 0 spiro atoms. The Morgan fingerprint density at radius 2 is 2.04 bits per heavy atom.